The highest BCUT2D eigenvalue weighted by atomic mass is 32.2. The molecule has 0 spiro atoms. The largest absolute Gasteiger partial charge is 0.399 e. The van der Waals surface area contributed by atoms with Crippen LogP contribution in [0.15, 0.2) is 23.1 Å². The first-order chi connectivity index (χ1) is 9.36. The number of nitrogens with two attached hydrogens (primary N) is 1. The van der Waals surface area contributed by atoms with Crippen LogP contribution in [0.3, 0.4) is 0 Å². The van der Waals surface area contributed by atoms with Gasteiger partial charge in [0, 0.05) is 31.4 Å². The van der Waals surface area contributed by atoms with Gasteiger partial charge in [-0.1, -0.05) is 13.0 Å². The number of nitrogen functional groups attached to an aromatic ring is 1. The highest BCUT2D eigenvalue weighted by molar-refractivity contribution is 7.89. The van der Waals surface area contributed by atoms with Gasteiger partial charge in [-0.25, -0.2) is 8.42 Å². The first-order valence-corrected chi connectivity index (χ1v) is 8.40. The maximum Gasteiger partial charge on any atom is 0.243 e. The van der Waals surface area contributed by atoms with Crippen LogP contribution >= 0.6 is 0 Å². The molecule has 0 amide bonds. The molecule has 1 aliphatic heterocycles. The highest BCUT2D eigenvalue weighted by Crippen LogP contribution is 2.24. The van der Waals surface area contributed by atoms with Gasteiger partial charge in [0.15, 0.2) is 0 Å². The first-order valence-electron chi connectivity index (χ1n) is 6.96. The Morgan fingerprint density at radius 1 is 1.35 bits per heavy atom. The van der Waals surface area contributed by atoms with E-state index in [4.69, 9.17) is 5.73 Å². The van der Waals surface area contributed by atoms with E-state index >= 15 is 0 Å². The minimum absolute atomic E-state index is 0.241. The number of aryl methyl sites for hydroxylation is 1. The average molecular weight is 297 g/mol. The number of likely N-dealkylation sites (N-methyl/N-ethyl adjacent to an activating group) is 1. The van der Waals surface area contributed by atoms with E-state index in [1.54, 1.807) is 29.4 Å². The Labute approximate surface area is 121 Å². The Bertz CT molecular complexity index is 586. The summed E-state index contributed by atoms with van der Waals surface area (Å²) in [6.45, 7) is 8.77. The summed E-state index contributed by atoms with van der Waals surface area (Å²) in [4.78, 5) is 2.62. The van der Waals surface area contributed by atoms with Gasteiger partial charge in [-0.3, -0.25) is 4.90 Å². The lowest BCUT2D eigenvalue weighted by Gasteiger charge is -2.38. The fraction of sp³-hybridized carbons (Fsp3) is 0.571. The fourth-order valence-corrected chi connectivity index (χ4v) is 4.46. The molecule has 0 aliphatic carbocycles. The Morgan fingerprint density at radius 2 is 2.05 bits per heavy atom. The van der Waals surface area contributed by atoms with Gasteiger partial charge in [-0.2, -0.15) is 4.31 Å². The smallest absolute Gasteiger partial charge is 0.243 e. The maximum absolute atomic E-state index is 12.8. The van der Waals surface area contributed by atoms with E-state index in [1.165, 1.54) is 0 Å². The summed E-state index contributed by atoms with van der Waals surface area (Å²) in [6.07, 6.45) is 0. The lowest BCUT2D eigenvalue weighted by molar-refractivity contribution is 0.135. The Hall–Kier alpha value is -1.11. The monoisotopic (exact) mass is 297 g/mol. The Kier molecular flexibility index (Phi) is 4.36. The van der Waals surface area contributed by atoms with E-state index < -0.39 is 10.0 Å². The highest BCUT2D eigenvalue weighted by Gasteiger charge is 2.32. The van der Waals surface area contributed by atoms with Gasteiger partial charge >= 0.3 is 0 Å². The molecule has 112 valence electrons. The quantitative estimate of drug-likeness (QED) is 0.854. The maximum atomic E-state index is 12.8. The number of rotatable bonds is 3. The van der Waals surface area contributed by atoms with Crippen LogP contribution in [0.2, 0.25) is 0 Å². The van der Waals surface area contributed by atoms with Crippen LogP contribution in [-0.4, -0.2) is 49.8 Å². The molecular formula is C14H23N3O2S. The lowest BCUT2D eigenvalue weighted by atomic mass is 10.2. The van der Waals surface area contributed by atoms with Crippen molar-refractivity contribution in [2.45, 2.75) is 31.7 Å². The van der Waals surface area contributed by atoms with E-state index in [2.05, 4.69) is 18.7 Å². The summed E-state index contributed by atoms with van der Waals surface area (Å²) in [5.41, 5.74) is 6.95. The van der Waals surface area contributed by atoms with E-state index in [9.17, 15) is 8.42 Å². The van der Waals surface area contributed by atoms with Crippen LogP contribution in [0.25, 0.3) is 0 Å². The second kappa shape index (κ2) is 5.71. The average Bonchev–Trinajstić information content (AvgIpc) is 2.41. The zero-order chi connectivity index (χ0) is 14.9. The lowest BCUT2D eigenvalue weighted by Crippen LogP contribution is -2.53. The zero-order valence-corrected chi connectivity index (χ0v) is 13.2. The van der Waals surface area contributed by atoms with Crippen molar-refractivity contribution in [3.63, 3.8) is 0 Å². The SMILES string of the molecule is CCN1CCN(S(=O)(=O)c2cc(N)ccc2C)CC1C. The molecule has 6 heteroatoms. The van der Waals surface area contributed by atoms with Crippen molar-refractivity contribution in [3.05, 3.63) is 23.8 Å². The molecule has 1 aromatic rings. The van der Waals surface area contributed by atoms with E-state index in [-0.39, 0.29) is 6.04 Å². The summed E-state index contributed by atoms with van der Waals surface area (Å²) in [7, 11) is -3.45. The molecule has 0 saturated carbocycles. The number of benzene rings is 1. The Balaban J connectivity index is 2.30. The van der Waals surface area contributed by atoms with Crippen molar-refractivity contribution in [2.24, 2.45) is 0 Å². The minimum Gasteiger partial charge on any atom is -0.399 e. The van der Waals surface area contributed by atoms with Crippen molar-refractivity contribution in [1.29, 1.82) is 0 Å². The summed E-state index contributed by atoms with van der Waals surface area (Å²) in [5, 5.41) is 0. The van der Waals surface area contributed by atoms with Gasteiger partial charge in [-0.15, -0.1) is 0 Å². The van der Waals surface area contributed by atoms with Crippen molar-refractivity contribution in [1.82, 2.24) is 9.21 Å². The molecule has 0 radical (unpaired) electrons. The zero-order valence-electron chi connectivity index (χ0n) is 12.3. The molecule has 0 bridgehead atoms. The molecule has 2 rings (SSSR count). The van der Waals surface area contributed by atoms with E-state index in [0.717, 1.165) is 18.7 Å². The van der Waals surface area contributed by atoms with E-state index in [0.29, 0.717) is 23.7 Å². The molecule has 1 heterocycles. The number of nitrogens with zero attached hydrogens (tertiary/aromatic N) is 2. The van der Waals surface area contributed by atoms with E-state index in [1.807, 2.05) is 0 Å². The molecule has 1 unspecified atom stereocenters. The van der Waals surface area contributed by atoms with Crippen LogP contribution in [-0.2, 0) is 10.0 Å². The van der Waals surface area contributed by atoms with Crippen molar-refractivity contribution >= 4 is 15.7 Å². The van der Waals surface area contributed by atoms with Crippen molar-refractivity contribution < 1.29 is 8.42 Å². The molecule has 5 nitrogen and oxygen atoms in total. The van der Waals surface area contributed by atoms with Crippen molar-refractivity contribution in [3.8, 4) is 0 Å². The standard InChI is InChI=1S/C14H23N3O2S/c1-4-16-7-8-17(10-12(16)3)20(18,19)14-9-13(15)6-5-11(14)2/h5-6,9,12H,4,7-8,10,15H2,1-3H3. The molecule has 20 heavy (non-hydrogen) atoms. The summed E-state index contributed by atoms with van der Waals surface area (Å²) in [6, 6.07) is 5.28. The van der Waals surface area contributed by atoms with Crippen LogP contribution in [0.5, 0.6) is 0 Å². The van der Waals surface area contributed by atoms with Gasteiger partial charge in [0.2, 0.25) is 10.0 Å². The third-order valence-electron chi connectivity index (χ3n) is 3.96. The second-order valence-electron chi connectivity index (χ2n) is 5.37. The number of piperazine rings is 1. The summed E-state index contributed by atoms with van der Waals surface area (Å²) < 4.78 is 27.1. The fourth-order valence-electron chi connectivity index (χ4n) is 2.68. The molecule has 1 atom stereocenters. The topological polar surface area (TPSA) is 66.6 Å². The molecule has 1 aliphatic rings. The third kappa shape index (κ3) is 2.82. The van der Waals surface area contributed by atoms with Gasteiger partial charge in [-0.05, 0) is 38.1 Å². The molecule has 2 N–H and O–H groups in total. The Morgan fingerprint density at radius 3 is 2.65 bits per heavy atom. The second-order valence-corrected chi connectivity index (χ2v) is 7.27. The van der Waals surface area contributed by atoms with Crippen LogP contribution < -0.4 is 5.73 Å². The van der Waals surface area contributed by atoms with Gasteiger partial charge in [0.1, 0.15) is 0 Å². The third-order valence-corrected chi connectivity index (χ3v) is 5.97. The predicted molar refractivity (Wildman–Crippen MR) is 81.1 cm³/mol. The number of anilines is 1. The van der Waals surface area contributed by atoms with Gasteiger partial charge in [0.25, 0.3) is 0 Å². The van der Waals surface area contributed by atoms with Crippen LogP contribution in [0.4, 0.5) is 5.69 Å². The molecule has 1 fully saturated rings. The van der Waals surface area contributed by atoms with Crippen molar-refractivity contribution in [2.75, 3.05) is 31.9 Å². The number of sulfonamides is 1. The van der Waals surface area contributed by atoms with Crippen LogP contribution in [0.1, 0.15) is 19.4 Å². The molecule has 1 saturated heterocycles. The molecule has 1 aromatic carbocycles. The first kappa shape index (κ1) is 15.3. The molecular weight excluding hydrogens is 274 g/mol. The predicted octanol–water partition coefficient (Wildman–Crippen LogP) is 1.29. The van der Waals surface area contributed by atoms with Gasteiger partial charge in [0.05, 0.1) is 4.90 Å². The normalized spacial score (nSPS) is 22.1. The van der Waals surface area contributed by atoms with Gasteiger partial charge < -0.3 is 5.73 Å². The summed E-state index contributed by atoms with van der Waals surface area (Å²) in [5.74, 6) is 0. The molecule has 0 aromatic heterocycles. The van der Waals surface area contributed by atoms with Crippen LogP contribution in [0, 0.1) is 6.92 Å². The number of hydrogen-bond donors (Lipinski definition) is 1. The number of hydrogen-bond acceptors (Lipinski definition) is 4. The summed E-state index contributed by atoms with van der Waals surface area (Å²) >= 11 is 0. The minimum atomic E-state index is -3.45.